The number of amides is 1. The Morgan fingerprint density at radius 3 is 2.94 bits per heavy atom. The topological polar surface area (TPSA) is 29.1 Å². The lowest BCUT2D eigenvalue weighted by Crippen LogP contribution is -2.38. The minimum atomic E-state index is -0.316. The quantitative estimate of drug-likeness (QED) is 0.839. The molecule has 18 heavy (non-hydrogen) atoms. The third-order valence-corrected chi connectivity index (χ3v) is 4.00. The maximum atomic E-state index is 13.0. The molecule has 0 aromatic heterocycles. The van der Waals surface area contributed by atoms with Gasteiger partial charge in [0.05, 0.1) is 0 Å². The van der Waals surface area contributed by atoms with Crippen LogP contribution in [0.25, 0.3) is 0 Å². The number of alkyl halides is 1. The maximum Gasteiger partial charge on any atom is 0.251 e. The van der Waals surface area contributed by atoms with Crippen molar-refractivity contribution in [3.8, 4) is 0 Å². The molecule has 2 atom stereocenters. The van der Waals surface area contributed by atoms with E-state index in [1.165, 1.54) is 18.2 Å². The number of rotatable bonds is 3. The lowest BCUT2D eigenvalue weighted by atomic mass is 10.0. The summed E-state index contributed by atoms with van der Waals surface area (Å²) < 4.78 is 13.0. The highest BCUT2D eigenvalue weighted by molar-refractivity contribution is 6.18. The molecule has 0 bridgehead atoms. The largest absolute Gasteiger partial charge is 0.349 e. The van der Waals surface area contributed by atoms with E-state index in [-0.39, 0.29) is 17.8 Å². The van der Waals surface area contributed by atoms with Crippen molar-refractivity contribution in [2.75, 3.05) is 5.88 Å². The molecule has 0 heterocycles. The maximum absolute atomic E-state index is 13.0. The van der Waals surface area contributed by atoms with Gasteiger partial charge in [0.15, 0.2) is 0 Å². The molecule has 1 N–H and O–H groups in total. The summed E-state index contributed by atoms with van der Waals surface area (Å²) in [6.07, 6.45) is 3.14. The summed E-state index contributed by atoms with van der Waals surface area (Å²) >= 11 is 5.88. The zero-order valence-corrected chi connectivity index (χ0v) is 11.1. The average molecular weight is 270 g/mol. The van der Waals surface area contributed by atoms with Crippen LogP contribution in [0.3, 0.4) is 0 Å². The van der Waals surface area contributed by atoms with E-state index in [0.29, 0.717) is 22.9 Å². The van der Waals surface area contributed by atoms with Gasteiger partial charge in [-0.05, 0) is 49.4 Å². The fraction of sp³-hybridized carbons (Fsp3) is 0.500. The Kier molecular flexibility index (Phi) is 4.23. The number of carbonyl (C=O) groups excluding carboxylic acids is 1. The highest BCUT2D eigenvalue weighted by atomic mass is 35.5. The fourth-order valence-corrected chi connectivity index (χ4v) is 2.91. The number of halogens is 2. The van der Waals surface area contributed by atoms with Crippen molar-refractivity contribution in [1.82, 2.24) is 5.32 Å². The normalized spacial score (nSPS) is 23.1. The fourth-order valence-electron chi connectivity index (χ4n) is 2.54. The molecule has 1 aromatic rings. The lowest BCUT2D eigenvalue weighted by molar-refractivity contribution is 0.0929. The molecule has 0 spiro atoms. The molecule has 0 radical (unpaired) electrons. The van der Waals surface area contributed by atoms with E-state index in [1.807, 2.05) is 0 Å². The van der Waals surface area contributed by atoms with Crippen molar-refractivity contribution in [3.63, 3.8) is 0 Å². The van der Waals surface area contributed by atoms with E-state index in [1.54, 1.807) is 6.92 Å². The summed E-state index contributed by atoms with van der Waals surface area (Å²) in [6.45, 7) is 1.74. The molecule has 98 valence electrons. The summed E-state index contributed by atoms with van der Waals surface area (Å²) in [5.41, 5.74) is 1.20. The first-order chi connectivity index (χ1) is 8.61. The number of benzene rings is 1. The van der Waals surface area contributed by atoms with Crippen molar-refractivity contribution in [3.05, 3.63) is 35.1 Å². The van der Waals surface area contributed by atoms with Gasteiger partial charge in [-0.2, -0.15) is 0 Å². The van der Waals surface area contributed by atoms with Crippen molar-refractivity contribution in [2.24, 2.45) is 5.92 Å². The van der Waals surface area contributed by atoms with E-state index >= 15 is 0 Å². The number of aryl methyl sites for hydroxylation is 1. The summed E-state index contributed by atoms with van der Waals surface area (Å²) in [7, 11) is 0. The van der Waals surface area contributed by atoms with Gasteiger partial charge in [-0.1, -0.05) is 6.42 Å². The Morgan fingerprint density at radius 2 is 2.28 bits per heavy atom. The Hall–Kier alpha value is -1.09. The Bertz CT molecular complexity index is 449. The van der Waals surface area contributed by atoms with Crippen LogP contribution < -0.4 is 5.32 Å². The number of hydrogen-bond donors (Lipinski definition) is 1. The minimum absolute atomic E-state index is 0.130. The average Bonchev–Trinajstić information content (AvgIpc) is 2.76. The highest BCUT2D eigenvalue weighted by Gasteiger charge is 2.28. The van der Waals surface area contributed by atoms with Gasteiger partial charge in [0.25, 0.3) is 5.91 Å². The zero-order valence-electron chi connectivity index (χ0n) is 10.4. The van der Waals surface area contributed by atoms with Gasteiger partial charge < -0.3 is 5.32 Å². The van der Waals surface area contributed by atoms with E-state index in [4.69, 9.17) is 11.6 Å². The molecule has 2 unspecified atom stereocenters. The van der Waals surface area contributed by atoms with Gasteiger partial charge in [0, 0.05) is 17.5 Å². The van der Waals surface area contributed by atoms with Crippen LogP contribution in [0, 0.1) is 18.7 Å². The molecule has 1 aliphatic carbocycles. The molecule has 4 heteroatoms. The molecule has 2 rings (SSSR count). The zero-order chi connectivity index (χ0) is 13.1. The van der Waals surface area contributed by atoms with Gasteiger partial charge >= 0.3 is 0 Å². The number of nitrogens with one attached hydrogen (secondary N) is 1. The van der Waals surface area contributed by atoms with Crippen LogP contribution in [-0.2, 0) is 0 Å². The van der Waals surface area contributed by atoms with Crippen LogP contribution in [0.2, 0.25) is 0 Å². The van der Waals surface area contributed by atoms with Gasteiger partial charge in [0.2, 0.25) is 0 Å². The summed E-state index contributed by atoms with van der Waals surface area (Å²) in [6, 6.07) is 4.38. The third-order valence-electron chi connectivity index (χ3n) is 3.61. The first kappa shape index (κ1) is 13.3. The molecule has 1 aromatic carbocycles. The third kappa shape index (κ3) is 2.83. The van der Waals surface area contributed by atoms with Crippen molar-refractivity contribution in [1.29, 1.82) is 0 Å². The second-order valence-electron chi connectivity index (χ2n) is 4.88. The van der Waals surface area contributed by atoms with Crippen LogP contribution in [0.5, 0.6) is 0 Å². The molecule has 1 amide bonds. The van der Waals surface area contributed by atoms with Gasteiger partial charge in [-0.25, -0.2) is 4.39 Å². The van der Waals surface area contributed by atoms with Crippen LogP contribution >= 0.6 is 11.6 Å². The van der Waals surface area contributed by atoms with Gasteiger partial charge in [-0.3, -0.25) is 4.79 Å². The second-order valence-corrected chi connectivity index (χ2v) is 5.19. The molecule has 1 aliphatic rings. The molecular weight excluding hydrogens is 253 g/mol. The Morgan fingerprint density at radius 1 is 1.50 bits per heavy atom. The van der Waals surface area contributed by atoms with Crippen molar-refractivity contribution < 1.29 is 9.18 Å². The van der Waals surface area contributed by atoms with E-state index < -0.39 is 0 Å². The molecular formula is C14H17ClFNO. The minimum Gasteiger partial charge on any atom is -0.349 e. The molecule has 2 nitrogen and oxygen atoms in total. The molecule has 0 aliphatic heterocycles. The van der Waals surface area contributed by atoms with E-state index in [2.05, 4.69) is 5.32 Å². The summed E-state index contributed by atoms with van der Waals surface area (Å²) in [4.78, 5) is 12.1. The smallest absolute Gasteiger partial charge is 0.251 e. The molecule has 1 saturated carbocycles. The van der Waals surface area contributed by atoms with E-state index in [0.717, 1.165) is 19.3 Å². The summed E-state index contributed by atoms with van der Waals surface area (Å²) in [5.74, 6) is 0.488. The predicted molar refractivity (Wildman–Crippen MR) is 70.5 cm³/mol. The van der Waals surface area contributed by atoms with Crippen LogP contribution in [0.4, 0.5) is 4.39 Å². The predicted octanol–water partition coefficient (Wildman–Crippen LogP) is 3.27. The second kappa shape index (κ2) is 5.70. The lowest BCUT2D eigenvalue weighted by Gasteiger charge is -2.19. The van der Waals surface area contributed by atoms with Crippen LogP contribution in [0.15, 0.2) is 18.2 Å². The number of carbonyl (C=O) groups is 1. The standard InChI is InChI=1S/C14H17ClFNO/c1-9-7-11(16)5-6-12(9)14(18)17-13-4-2-3-10(13)8-15/h5-7,10,13H,2-4,8H2,1H3,(H,17,18). The van der Waals surface area contributed by atoms with Crippen LogP contribution in [-0.4, -0.2) is 17.8 Å². The first-order valence-corrected chi connectivity index (χ1v) is 6.78. The summed E-state index contributed by atoms with van der Waals surface area (Å²) in [5, 5.41) is 3.01. The van der Waals surface area contributed by atoms with Crippen molar-refractivity contribution >= 4 is 17.5 Å². The monoisotopic (exact) mass is 269 g/mol. The number of hydrogen-bond acceptors (Lipinski definition) is 1. The van der Waals surface area contributed by atoms with Gasteiger partial charge in [0.1, 0.15) is 5.82 Å². The molecule has 1 fully saturated rings. The highest BCUT2D eigenvalue weighted by Crippen LogP contribution is 2.27. The Balaban J connectivity index is 2.07. The van der Waals surface area contributed by atoms with Gasteiger partial charge in [-0.15, -0.1) is 11.6 Å². The SMILES string of the molecule is Cc1cc(F)ccc1C(=O)NC1CCCC1CCl. The van der Waals surface area contributed by atoms with E-state index in [9.17, 15) is 9.18 Å². The molecule has 0 saturated heterocycles. The van der Waals surface area contributed by atoms with Crippen LogP contribution in [0.1, 0.15) is 35.2 Å². The van der Waals surface area contributed by atoms with Crippen molar-refractivity contribution in [2.45, 2.75) is 32.2 Å². The first-order valence-electron chi connectivity index (χ1n) is 6.25. The Labute approximate surface area is 112 Å².